The Hall–Kier alpha value is -1.46. The first-order chi connectivity index (χ1) is 8.69. The summed E-state index contributed by atoms with van der Waals surface area (Å²) < 4.78 is 4.94. The summed E-state index contributed by atoms with van der Waals surface area (Å²) in [6.45, 7) is 3.65. The average molecular weight is 251 g/mol. The fraction of sp³-hybridized carbons (Fsp3) is 0.538. The number of rotatable bonds is 7. The number of ether oxygens (including phenoxy) is 1. The minimum atomic E-state index is -0.494. The molecule has 1 amide bonds. The van der Waals surface area contributed by atoms with E-state index < -0.39 is 6.04 Å². The molecule has 0 saturated heterocycles. The summed E-state index contributed by atoms with van der Waals surface area (Å²) in [6.07, 6.45) is 3.99. The van der Waals surface area contributed by atoms with Gasteiger partial charge >= 0.3 is 0 Å². The van der Waals surface area contributed by atoms with Crippen LogP contribution in [-0.4, -0.2) is 42.1 Å². The van der Waals surface area contributed by atoms with E-state index in [-0.39, 0.29) is 5.91 Å². The van der Waals surface area contributed by atoms with Gasteiger partial charge in [0, 0.05) is 39.2 Å². The van der Waals surface area contributed by atoms with E-state index in [2.05, 4.69) is 4.98 Å². The van der Waals surface area contributed by atoms with Gasteiger partial charge < -0.3 is 15.4 Å². The Kier molecular flexibility index (Phi) is 6.32. The fourth-order valence-corrected chi connectivity index (χ4v) is 1.66. The highest BCUT2D eigenvalue weighted by atomic mass is 16.5. The summed E-state index contributed by atoms with van der Waals surface area (Å²) in [5, 5.41) is 0. The number of likely N-dealkylation sites (N-methyl/N-ethyl adjacent to an activating group) is 1. The number of carbonyl (C=O) groups is 1. The largest absolute Gasteiger partial charge is 0.385 e. The molecule has 0 saturated carbocycles. The third-order valence-electron chi connectivity index (χ3n) is 2.77. The first-order valence-corrected chi connectivity index (χ1v) is 6.11. The van der Waals surface area contributed by atoms with E-state index in [1.807, 2.05) is 19.1 Å². The van der Waals surface area contributed by atoms with Crippen LogP contribution in [0.15, 0.2) is 24.5 Å². The number of hydrogen-bond acceptors (Lipinski definition) is 4. The molecule has 1 aromatic rings. The summed E-state index contributed by atoms with van der Waals surface area (Å²) in [4.78, 5) is 17.8. The van der Waals surface area contributed by atoms with Gasteiger partial charge in [-0.25, -0.2) is 0 Å². The molecule has 1 heterocycles. The van der Waals surface area contributed by atoms with Gasteiger partial charge in [-0.05, 0) is 31.0 Å². The highest BCUT2D eigenvalue weighted by Crippen LogP contribution is 2.05. The summed E-state index contributed by atoms with van der Waals surface area (Å²) in [5.41, 5.74) is 6.90. The number of hydrogen-bond donors (Lipinski definition) is 1. The fourth-order valence-electron chi connectivity index (χ4n) is 1.66. The Morgan fingerprint density at radius 1 is 1.50 bits per heavy atom. The van der Waals surface area contributed by atoms with Crippen molar-refractivity contribution in [2.75, 3.05) is 20.3 Å². The van der Waals surface area contributed by atoms with Gasteiger partial charge in [0.15, 0.2) is 0 Å². The summed E-state index contributed by atoms with van der Waals surface area (Å²) in [6, 6.07) is 3.31. The maximum Gasteiger partial charge on any atom is 0.239 e. The van der Waals surface area contributed by atoms with Gasteiger partial charge in [-0.1, -0.05) is 0 Å². The number of pyridine rings is 1. The lowest BCUT2D eigenvalue weighted by molar-refractivity contribution is -0.133. The van der Waals surface area contributed by atoms with Gasteiger partial charge in [-0.2, -0.15) is 0 Å². The molecule has 1 unspecified atom stereocenters. The Balaban J connectivity index is 2.57. The predicted molar refractivity (Wildman–Crippen MR) is 69.8 cm³/mol. The first kappa shape index (κ1) is 14.6. The molecule has 0 aliphatic carbocycles. The lowest BCUT2D eigenvalue weighted by atomic mass is 10.1. The lowest BCUT2D eigenvalue weighted by Crippen LogP contribution is -2.43. The second-order valence-electron chi connectivity index (χ2n) is 4.10. The third-order valence-corrected chi connectivity index (χ3v) is 2.77. The molecule has 100 valence electrons. The van der Waals surface area contributed by atoms with Crippen molar-refractivity contribution in [3.05, 3.63) is 30.1 Å². The van der Waals surface area contributed by atoms with Crippen molar-refractivity contribution in [2.24, 2.45) is 5.73 Å². The monoisotopic (exact) mass is 251 g/mol. The van der Waals surface area contributed by atoms with E-state index in [4.69, 9.17) is 10.5 Å². The van der Waals surface area contributed by atoms with Gasteiger partial charge in [0.25, 0.3) is 0 Å². The lowest BCUT2D eigenvalue weighted by Gasteiger charge is -2.24. The second-order valence-corrected chi connectivity index (χ2v) is 4.10. The number of methoxy groups -OCH3 is 1. The minimum absolute atomic E-state index is 0.0358. The zero-order chi connectivity index (χ0) is 13.4. The Bertz CT molecular complexity index is 357. The van der Waals surface area contributed by atoms with Gasteiger partial charge in [-0.3, -0.25) is 9.78 Å². The quantitative estimate of drug-likeness (QED) is 0.778. The van der Waals surface area contributed by atoms with Gasteiger partial charge in [-0.15, -0.1) is 0 Å². The van der Waals surface area contributed by atoms with Crippen LogP contribution < -0.4 is 5.73 Å². The summed E-state index contributed by atoms with van der Waals surface area (Å²) in [5.74, 6) is -0.0358. The zero-order valence-electron chi connectivity index (χ0n) is 11.0. The molecule has 1 atom stereocenters. The number of amides is 1. The number of nitrogens with zero attached hydrogens (tertiary/aromatic N) is 2. The van der Waals surface area contributed by atoms with Gasteiger partial charge in [0.05, 0.1) is 6.04 Å². The Morgan fingerprint density at radius 2 is 2.17 bits per heavy atom. The molecule has 18 heavy (non-hydrogen) atoms. The van der Waals surface area contributed by atoms with Crippen molar-refractivity contribution < 1.29 is 9.53 Å². The van der Waals surface area contributed by atoms with Crippen molar-refractivity contribution in [3.8, 4) is 0 Å². The molecule has 0 aliphatic rings. The van der Waals surface area contributed by atoms with Crippen LogP contribution in [0.3, 0.4) is 0 Å². The van der Waals surface area contributed by atoms with Crippen LogP contribution in [-0.2, 0) is 16.1 Å². The number of carbonyl (C=O) groups excluding carboxylic acids is 1. The smallest absolute Gasteiger partial charge is 0.239 e. The van der Waals surface area contributed by atoms with Gasteiger partial charge in [0.1, 0.15) is 0 Å². The normalized spacial score (nSPS) is 12.2. The van der Waals surface area contributed by atoms with Crippen LogP contribution in [0.25, 0.3) is 0 Å². The Labute approximate surface area is 108 Å². The topological polar surface area (TPSA) is 68.5 Å². The first-order valence-electron chi connectivity index (χ1n) is 6.11. The molecule has 0 aromatic carbocycles. The van der Waals surface area contributed by atoms with Crippen molar-refractivity contribution in [1.82, 2.24) is 9.88 Å². The molecule has 1 aromatic heterocycles. The Morgan fingerprint density at radius 3 is 2.72 bits per heavy atom. The van der Waals surface area contributed by atoms with Crippen LogP contribution in [0.2, 0.25) is 0 Å². The SMILES string of the molecule is CCN(Cc1ccncc1)C(=O)C(N)CCOC. The van der Waals surface area contributed by atoms with Crippen molar-refractivity contribution in [1.29, 1.82) is 0 Å². The molecule has 5 heteroatoms. The molecule has 1 rings (SSSR count). The van der Waals surface area contributed by atoms with Crippen LogP contribution in [0.5, 0.6) is 0 Å². The predicted octanol–water partition coefficient (Wildman–Crippen LogP) is 0.794. The van der Waals surface area contributed by atoms with E-state index >= 15 is 0 Å². The minimum Gasteiger partial charge on any atom is -0.385 e. The van der Waals surface area contributed by atoms with Gasteiger partial charge in [0.2, 0.25) is 5.91 Å². The summed E-state index contributed by atoms with van der Waals surface area (Å²) in [7, 11) is 1.60. The van der Waals surface area contributed by atoms with E-state index in [0.717, 1.165) is 5.56 Å². The van der Waals surface area contributed by atoms with Crippen LogP contribution >= 0.6 is 0 Å². The second kappa shape index (κ2) is 7.79. The van der Waals surface area contributed by atoms with Crippen LogP contribution in [0, 0.1) is 0 Å². The molecular weight excluding hydrogens is 230 g/mol. The molecule has 0 bridgehead atoms. The number of aromatic nitrogens is 1. The molecule has 0 spiro atoms. The highest BCUT2D eigenvalue weighted by molar-refractivity contribution is 5.81. The number of nitrogens with two attached hydrogens (primary N) is 1. The molecule has 0 fully saturated rings. The van der Waals surface area contributed by atoms with E-state index in [1.165, 1.54) is 0 Å². The van der Waals surface area contributed by atoms with E-state index in [9.17, 15) is 4.79 Å². The molecule has 0 aliphatic heterocycles. The van der Waals surface area contributed by atoms with Crippen molar-refractivity contribution >= 4 is 5.91 Å². The summed E-state index contributed by atoms with van der Waals surface area (Å²) >= 11 is 0. The molecule has 5 nitrogen and oxygen atoms in total. The van der Waals surface area contributed by atoms with Crippen LogP contribution in [0.1, 0.15) is 18.9 Å². The van der Waals surface area contributed by atoms with Crippen molar-refractivity contribution in [3.63, 3.8) is 0 Å². The highest BCUT2D eigenvalue weighted by Gasteiger charge is 2.19. The maximum atomic E-state index is 12.1. The molecular formula is C13H21N3O2. The molecule has 0 radical (unpaired) electrons. The zero-order valence-corrected chi connectivity index (χ0v) is 11.0. The maximum absolute atomic E-state index is 12.1. The van der Waals surface area contributed by atoms with E-state index in [1.54, 1.807) is 24.4 Å². The van der Waals surface area contributed by atoms with E-state index in [0.29, 0.717) is 26.1 Å². The molecule has 2 N–H and O–H groups in total. The van der Waals surface area contributed by atoms with Crippen molar-refractivity contribution in [2.45, 2.75) is 25.9 Å². The van der Waals surface area contributed by atoms with Crippen LogP contribution in [0.4, 0.5) is 0 Å². The standard InChI is InChI=1S/C13H21N3O2/c1-3-16(10-11-4-7-15-8-5-11)13(17)12(14)6-9-18-2/h4-5,7-8,12H,3,6,9-10,14H2,1-2H3. The average Bonchev–Trinajstić information content (AvgIpc) is 2.42. The third kappa shape index (κ3) is 4.43.